The molecule has 0 aromatic heterocycles. The fraction of sp³-hybridized carbons (Fsp3) is 0.278. The van der Waals surface area contributed by atoms with Gasteiger partial charge in [-0.25, -0.2) is 0 Å². The molecule has 2 aromatic rings. The summed E-state index contributed by atoms with van der Waals surface area (Å²) in [5, 5.41) is 0. The summed E-state index contributed by atoms with van der Waals surface area (Å²) < 4.78 is 5.49. The minimum Gasteiger partial charge on any atom is -0.425 e. The van der Waals surface area contributed by atoms with Gasteiger partial charge in [0.2, 0.25) is 0 Å². The lowest BCUT2D eigenvalue weighted by Gasteiger charge is -2.11. The molecule has 0 saturated heterocycles. The fourth-order valence-corrected chi connectivity index (χ4v) is 2.89. The van der Waals surface area contributed by atoms with Crippen LogP contribution < -0.4 is 4.74 Å². The van der Waals surface area contributed by atoms with Crippen LogP contribution in [0, 0.1) is 27.7 Å². The Hall–Kier alpha value is -2.09. The number of fused-ring (bicyclic) bond motifs is 1. The van der Waals surface area contributed by atoms with Gasteiger partial charge in [-0.15, -0.1) is 0 Å². The number of carbonyl (C=O) groups excluding carboxylic acids is 1. The summed E-state index contributed by atoms with van der Waals surface area (Å²) in [7, 11) is 0. The Labute approximate surface area is 119 Å². The van der Waals surface area contributed by atoms with E-state index < -0.39 is 0 Å². The molecule has 0 aliphatic carbocycles. The van der Waals surface area contributed by atoms with Crippen molar-refractivity contribution < 1.29 is 9.53 Å². The van der Waals surface area contributed by atoms with Crippen molar-refractivity contribution >= 4 is 5.97 Å². The van der Waals surface area contributed by atoms with Crippen molar-refractivity contribution in [2.24, 2.45) is 0 Å². The van der Waals surface area contributed by atoms with Crippen molar-refractivity contribution in [1.29, 1.82) is 0 Å². The third kappa shape index (κ3) is 1.92. The van der Waals surface area contributed by atoms with Crippen LogP contribution in [0.15, 0.2) is 30.3 Å². The second-order valence-electron chi connectivity index (χ2n) is 5.70. The molecule has 1 aliphatic rings. The van der Waals surface area contributed by atoms with Crippen LogP contribution in [-0.4, -0.2) is 5.97 Å². The van der Waals surface area contributed by atoms with Crippen molar-refractivity contribution in [3.63, 3.8) is 0 Å². The lowest BCUT2D eigenvalue weighted by molar-refractivity contribution is -0.133. The van der Waals surface area contributed by atoms with Gasteiger partial charge in [-0.3, -0.25) is 4.79 Å². The zero-order chi connectivity index (χ0) is 14.4. The first kappa shape index (κ1) is 12.9. The van der Waals surface area contributed by atoms with E-state index in [1.807, 2.05) is 19.9 Å². The third-order valence-corrected chi connectivity index (χ3v) is 4.06. The van der Waals surface area contributed by atoms with Crippen LogP contribution in [0.5, 0.6) is 5.75 Å². The maximum absolute atomic E-state index is 12.3. The maximum Gasteiger partial charge on any atom is 0.323 e. The lowest BCUT2D eigenvalue weighted by Crippen LogP contribution is -2.11. The van der Waals surface area contributed by atoms with E-state index in [-0.39, 0.29) is 11.9 Å². The number of benzene rings is 2. The molecule has 0 saturated carbocycles. The molecule has 102 valence electrons. The second kappa shape index (κ2) is 4.48. The summed E-state index contributed by atoms with van der Waals surface area (Å²) >= 11 is 0. The van der Waals surface area contributed by atoms with E-state index in [9.17, 15) is 4.79 Å². The molecule has 2 aromatic carbocycles. The molecule has 1 heterocycles. The number of hydrogen-bond acceptors (Lipinski definition) is 2. The van der Waals surface area contributed by atoms with Crippen molar-refractivity contribution in [2.75, 3.05) is 0 Å². The molecular formula is C18H18O2. The SMILES string of the molecule is Cc1cc(C)c2c(c1)C(c1ccc(C)c(C)c1)C(=O)O2. The summed E-state index contributed by atoms with van der Waals surface area (Å²) in [4.78, 5) is 12.3. The van der Waals surface area contributed by atoms with E-state index in [1.54, 1.807) is 0 Å². The van der Waals surface area contributed by atoms with Gasteiger partial charge in [0.15, 0.2) is 0 Å². The minimum absolute atomic E-state index is 0.169. The average molecular weight is 266 g/mol. The summed E-state index contributed by atoms with van der Waals surface area (Å²) in [6, 6.07) is 10.3. The van der Waals surface area contributed by atoms with Gasteiger partial charge in [0.1, 0.15) is 11.7 Å². The molecule has 20 heavy (non-hydrogen) atoms. The highest BCUT2D eigenvalue weighted by atomic mass is 16.5. The minimum atomic E-state index is -0.289. The van der Waals surface area contributed by atoms with E-state index in [1.165, 1.54) is 11.1 Å². The third-order valence-electron chi connectivity index (χ3n) is 4.06. The Bertz CT molecular complexity index is 714. The number of carbonyl (C=O) groups is 1. The van der Waals surface area contributed by atoms with Crippen molar-refractivity contribution in [3.8, 4) is 5.75 Å². The standard InChI is InChI=1S/C18H18O2/c1-10-7-13(4)17-15(8-10)16(18(19)20-17)14-6-5-11(2)12(3)9-14/h5-9,16H,1-4H3. The van der Waals surface area contributed by atoms with Crippen LogP contribution >= 0.6 is 0 Å². The Morgan fingerprint density at radius 1 is 0.900 bits per heavy atom. The molecule has 0 radical (unpaired) electrons. The lowest BCUT2D eigenvalue weighted by atomic mass is 9.89. The van der Waals surface area contributed by atoms with Crippen LogP contribution in [0.3, 0.4) is 0 Å². The number of rotatable bonds is 1. The summed E-state index contributed by atoms with van der Waals surface area (Å²) in [6.07, 6.45) is 0. The molecule has 0 bridgehead atoms. The zero-order valence-electron chi connectivity index (χ0n) is 12.3. The highest BCUT2D eigenvalue weighted by Crippen LogP contribution is 2.42. The number of hydrogen-bond donors (Lipinski definition) is 0. The van der Waals surface area contributed by atoms with Gasteiger partial charge in [-0.2, -0.15) is 0 Å². The Balaban J connectivity index is 2.17. The number of aryl methyl sites for hydroxylation is 4. The molecule has 0 amide bonds. The van der Waals surface area contributed by atoms with E-state index >= 15 is 0 Å². The molecule has 2 heteroatoms. The van der Waals surface area contributed by atoms with Gasteiger partial charge >= 0.3 is 5.97 Å². The second-order valence-corrected chi connectivity index (χ2v) is 5.70. The van der Waals surface area contributed by atoms with Crippen LogP contribution in [0.25, 0.3) is 0 Å². The molecule has 2 nitrogen and oxygen atoms in total. The van der Waals surface area contributed by atoms with E-state index in [4.69, 9.17) is 4.74 Å². The van der Waals surface area contributed by atoms with Gasteiger partial charge in [0, 0.05) is 5.56 Å². The molecule has 0 N–H and O–H groups in total. The normalized spacial score (nSPS) is 17.0. The first-order valence-electron chi connectivity index (χ1n) is 6.87. The Morgan fingerprint density at radius 3 is 2.35 bits per heavy atom. The van der Waals surface area contributed by atoms with Crippen LogP contribution in [-0.2, 0) is 4.79 Å². The quantitative estimate of drug-likeness (QED) is 0.576. The largest absolute Gasteiger partial charge is 0.425 e. The first-order chi connectivity index (χ1) is 9.47. The smallest absolute Gasteiger partial charge is 0.323 e. The first-order valence-corrected chi connectivity index (χ1v) is 6.87. The molecule has 0 spiro atoms. The van der Waals surface area contributed by atoms with Crippen molar-refractivity contribution in [3.05, 3.63) is 63.7 Å². The van der Waals surface area contributed by atoms with Gasteiger partial charge < -0.3 is 4.74 Å². The van der Waals surface area contributed by atoms with Crippen molar-refractivity contribution in [2.45, 2.75) is 33.6 Å². The van der Waals surface area contributed by atoms with Gasteiger partial charge in [-0.05, 0) is 49.9 Å². The molecule has 3 rings (SSSR count). The topological polar surface area (TPSA) is 26.3 Å². The van der Waals surface area contributed by atoms with Crippen molar-refractivity contribution in [1.82, 2.24) is 0 Å². The molecular weight excluding hydrogens is 248 g/mol. The summed E-state index contributed by atoms with van der Waals surface area (Å²) in [5.41, 5.74) is 6.64. The molecule has 1 aliphatic heterocycles. The maximum atomic E-state index is 12.3. The average Bonchev–Trinajstić information content (AvgIpc) is 2.70. The van der Waals surface area contributed by atoms with E-state index in [2.05, 4.69) is 38.1 Å². The van der Waals surface area contributed by atoms with Crippen LogP contribution in [0.1, 0.15) is 39.3 Å². The Morgan fingerprint density at radius 2 is 1.65 bits per heavy atom. The van der Waals surface area contributed by atoms with Gasteiger partial charge in [-0.1, -0.05) is 35.9 Å². The fourth-order valence-electron chi connectivity index (χ4n) is 2.89. The van der Waals surface area contributed by atoms with Crippen LogP contribution in [0.4, 0.5) is 0 Å². The zero-order valence-corrected chi connectivity index (χ0v) is 12.3. The summed E-state index contributed by atoms with van der Waals surface area (Å²) in [6.45, 7) is 8.19. The predicted octanol–water partition coefficient (Wildman–Crippen LogP) is 3.97. The molecule has 1 atom stereocenters. The molecule has 1 unspecified atom stereocenters. The highest BCUT2D eigenvalue weighted by molar-refractivity contribution is 5.90. The molecule has 0 fully saturated rings. The summed E-state index contributed by atoms with van der Waals surface area (Å²) in [5.74, 6) is 0.281. The van der Waals surface area contributed by atoms with Crippen LogP contribution in [0.2, 0.25) is 0 Å². The Kier molecular flexibility index (Phi) is 2.89. The van der Waals surface area contributed by atoms with E-state index in [0.717, 1.165) is 28.0 Å². The highest BCUT2D eigenvalue weighted by Gasteiger charge is 2.35. The van der Waals surface area contributed by atoms with E-state index in [0.29, 0.717) is 0 Å². The van der Waals surface area contributed by atoms with Gasteiger partial charge in [0.05, 0.1) is 0 Å². The number of esters is 1. The number of ether oxygens (including phenoxy) is 1. The monoisotopic (exact) mass is 266 g/mol. The predicted molar refractivity (Wildman–Crippen MR) is 79.3 cm³/mol. The van der Waals surface area contributed by atoms with Gasteiger partial charge in [0.25, 0.3) is 0 Å².